The predicted octanol–water partition coefficient (Wildman–Crippen LogP) is 9.17. The SMILES string of the molecule is C=C1/C=C\C=C/CSc2c1c1c(c3ccccc23)c2ccccc2n1-c1nc(-c2ccccc2)c2cccnc2n1. The molecule has 0 N–H and O–H groups in total. The third-order valence-electron chi connectivity index (χ3n) is 7.68. The van der Waals surface area contributed by atoms with Crippen LogP contribution in [0.3, 0.4) is 0 Å². The third-order valence-corrected chi connectivity index (χ3v) is 8.75. The zero-order valence-corrected chi connectivity index (χ0v) is 23.0. The van der Waals surface area contributed by atoms with Crippen LogP contribution >= 0.6 is 11.8 Å². The molecule has 4 nitrogen and oxygen atoms in total. The van der Waals surface area contributed by atoms with Gasteiger partial charge in [-0.05, 0) is 34.5 Å². The number of para-hydroxylation sites is 1. The number of benzene rings is 4. The molecule has 5 heteroatoms. The van der Waals surface area contributed by atoms with Crippen LogP contribution in [0.25, 0.3) is 66.4 Å². The van der Waals surface area contributed by atoms with Gasteiger partial charge < -0.3 is 0 Å². The van der Waals surface area contributed by atoms with Crippen molar-refractivity contribution in [2.24, 2.45) is 0 Å². The van der Waals surface area contributed by atoms with Gasteiger partial charge in [0, 0.05) is 44.1 Å². The lowest BCUT2D eigenvalue weighted by molar-refractivity contribution is 1.00. The highest BCUT2D eigenvalue weighted by Crippen LogP contribution is 2.46. The van der Waals surface area contributed by atoms with Crippen molar-refractivity contribution in [3.63, 3.8) is 0 Å². The van der Waals surface area contributed by atoms with E-state index in [0.29, 0.717) is 11.6 Å². The number of hydrogen-bond donors (Lipinski definition) is 0. The molecule has 0 saturated carbocycles. The first kappa shape index (κ1) is 23.9. The summed E-state index contributed by atoms with van der Waals surface area (Å²) in [4.78, 5) is 16.3. The summed E-state index contributed by atoms with van der Waals surface area (Å²) in [6.45, 7) is 4.58. The fourth-order valence-corrected chi connectivity index (χ4v) is 7.01. The Hall–Kier alpha value is -5.00. The summed E-state index contributed by atoms with van der Waals surface area (Å²) in [5, 5.41) is 5.72. The van der Waals surface area contributed by atoms with Gasteiger partial charge in [-0.25, -0.2) is 9.97 Å². The summed E-state index contributed by atoms with van der Waals surface area (Å²) in [5.74, 6) is 1.47. The maximum absolute atomic E-state index is 5.27. The number of fused-ring (bicyclic) bond motifs is 9. The Kier molecular flexibility index (Phi) is 5.57. The Labute approximate surface area is 241 Å². The van der Waals surface area contributed by atoms with E-state index in [4.69, 9.17) is 9.97 Å². The fraction of sp³-hybridized carbons (Fsp3) is 0.0278. The molecule has 0 aliphatic carbocycles. The van der Waals surface area contributed by atoms with Crippen molar-refractivity contribution < 1.29 is 0 Å². The Morgan fingerprint density at radius 3 is 2.37 bits per heavy atom. The number of hydrogen-bond acceptors (Lipinski definition) is 4. The van der Waals surface area contributed by atoms with Crippen LogP contribution in [0, 0.1) is 0 Å². The van der Waals surface area contributed by atoms with Gasteiger partial charge in [0.2, 0.25) is 5.95 Å². The summed E-state index contributed by atoms with van der Waals surface area (Å²) < 4.78 is 2.22. The fourth-order valence-electron chi connectivity index (χ4n) is 5.93. The molecule has 0 amide bonds. The summed E-state index contributed by atoms with van der Waals surface area (Å²) in [7, 11) is 0. The molecule has 41 heavy (non-hydrogen) atoms. The van der Waals surface area contributed by atoms with Gasteiger partial charge in [0.25, 0.3) is 0 Å². The van der Waals surface area contributed by atoms with Gasteiger partial charge in [-0.15, -0.1) is 11.8 Å². The van der Waals surface area contributed by atoms with Crippen LogP contribution in [-0.2, 0) is 0 Å². The molecule has 4 heterocycles. The van der Waals surface area contributed by atoms with E-state index < -0.39 is 0 Å². The second kappa shape index (κ2) is 9.58. The first-order valence-corrected chi connectivity index (χ1v) is 14.6. The van der Waals surface area contributed by atoms with Crippen molar-refractivity contribution >= 4 is 60.9 Å². The van der Waals surface area contributed by atoms with E-state index in [9.17, 15) is 0 Å². The maximum atomic E-state index is 5.27. The van der Waals surface area contributed by atoms with Crippen LogP contribution in [0.2, 0.25) is 0 Å². The summed E-state index contributed by atoms with van der Waals surface area (Å²) in [5.41, 5.74) is 6.75. The largest absolute Gasteiger partial charge is 0.277 e. The van der Waals surface area contributed by atoms with Gasteiger partial charge in [0.05, 0.1) is 16.7 Å². The van der Waals surface area contributed by atoms with Crippen LogP contribution in [0.5, 0.6) is 0 Å². The summed E-state index contributed by atoms with van der Waals surface area (Å²) >= 11 is 1.85. The van der Waals surface area contributed by atoms with Crippen molar-refractivity contribution in [1.82, 2.24) is 19.5 Å². The van der Waals surface area contributed by atoms with Gasteiger partial charge >= 0.3 is 0 Å². The van der Waals surface area contributed by atoms with Crippen LogP contribution in [0.15, 0.2) is 133 Å². The molecule has 0 atom stereocenters. The number of allylic oxidation sites excluding steroid dienone is 4. The Balaban J connectivity index is 1.59. The summed E-state index contributed by atoms with van der Waals surface area (Å²) in [6, 6.07) is 31.5. The molecule has 0 saturated heterocycles. The summed E-state index contributed by atoms with van der Waals surface area (Å²) in [6.07, 6.45) is 10.3. The molecule has 7 aromatic rings. The molecule has 8 rings (SSSR count). The molecular weight excluding hydrogens is 520 g/mol. The van der Waals surface area contributed by atoms with Crippen molar-refractivity contribution in [2.75, 3.05) is 5.75 Å². The van der Waals surface area contributed by atoms with Gasteiger partial charge in [-0.1, -0.05) is 104 Å². The molecule has 0 unspecified atom stereocenters. The van der Waals surface area contributed by atoms with Gasteiger partial charge in [0.15, 0.2) is 5.65 Å². The van der Waals surface area contributed by atoms with Gasteiger partial charge in [-0.3, -0.25) is 4.57 Å². The lowest BCUT2D eigenvalue weighted by Crippen LogP contribution is -2.06. The average Bonchev–Trinajstić information content (AvgIpc) is 3.41. The minimum absolute atomic E-state index is 0.596. The second-order valence-corrected chi connectivity index (χ2v) is 11.1. The monoisotopic (exact) mass is 544 g/mol. The second-order valence-electron chi connectivity index (χ2n) is 10.1. The lowest BCUT2D eigenvalue weighted by atomic mass is 9.96. The van der Waals surface area contributed by atoms with Crippen molar-refractivity contribution in [3.8, 4) is 17.2 Å². The number of rotatable bonds is 2. The number of thioether (sulfide) groups is 1. The zero-order valence-electron chi connectivity index (χ0n) is 22.2. The molecule has 1 aliphatic heterocycles. The van der Waals surface area contributed by atoms with Crippen LogP contribution in [-0.4, -0.2) is 25.3 Å². The van der Waals surface area contributed by atoms with Crippen LogP contribution in [0.4, 0.5) is 0 Å². The highest BCUT2D eigenvalue weighted by molar-refractivity contribution is 7.99. The average molecular weight is 545 g/mol. The molecule has 0 fully saturated rings. The van der Waals surface area contributed by atoms with E-state index in [1.54, 1.807) is 6.20 Å². The minimum Gasteiger partial charge on any atom is -0.277 e. The quantitative estimate of drug-likeness (QED) is 0.218. The number of aromatic nitrogens is 4. The van der Waals surface area contributed by atoms with Gasteiger partial charge in [-0.2, -0.15) is 4.98 Å². The Morgan fingerprint density at radius 1 is 0.732 bits per heavy atom. The van der Waals surface area contributed by atoms with E-state index in [1.165, 1.54) is 21.1 Å². The topological polar surface area (TPSA) is 43.6 Å². The molecule has 0 spiro atoms. The molecular formula is C36H24N4S. The van der Waals surface area contributed by atoms with E-state index in [-0.39, 0.29) is 0 Å². The zero-order chi connectivity index (χ0) is 27.3. The van der Waals surface area contributed by atoms with Crippen LogP contribution in [0.1, 0.15) is 5.56 Å². The normalized spacial score (nSPS) is 15.1. The number of nitrogens with zero attached hydrogens (tertiary/aromatic N) is 4. The number of pyridine rings is 1. The molecule has 194 valence electrons. The molecule has 0 radical (unpaired) electrons. The minimum atomic E-state index is 0.596. The first-order valence-electron chi connectivity index (χ1n) is 13.6. The molecule has 1 aliphatic rings. The smallest absolute Gasteiger partial charge is 0.237 e. The van der Waals surface area contributed by atoms with E-state index in [1.807, 2.05) is 42.1 Å². The molecule has 3 aromatic heterocycles. The highest BCUT2D eigenvalue weighted by atomic mass is 32.2. The van der Waals surface area contributed by atoms with E-state index in [0.717, 1.165) is 50.0 Å². The third kappa shape index (κ3) is 3.74. The predicted molar refractivity (Wildman–Crippen MR) is 173 cm³/mol. The molecule has 0 bridgehead atoms. The first-order chi connectivity index (χ1) is 20.3. The van der Waals surface area contributed by atoms with Crippen LogP contribution < -0.4 is 0 Å². The van der Waals surface area contributed by atoms with Gasteiger partial charge in [0.1, 0.15) is 0 Å². The molecule has 4 aromatic carbocycles. The standard InChI is InChI=1S/C36H24N4S/c1-23-13-4-3-11-22-41-34-26-17-8-7-16-25(26)31-27-18-9-10-20-29(27)40(33(31)30(23)34)36-38-32(24-14-5-2-6-15-24)28-19-12-21-37-35(28)39-36/h2-21H,1,22H2/b11-3-,13-4-. The maximum Gasteiger partial charge on any atom is 0.237 e. The van der Waals surface area contributed by atoms with E-state index >= 15 is 0 Å². The Bertz CT molecular complexity index is 2220. The highest BCUT2D eigenvalue weighted by Gasteiger charge is 2.25. The van der Waals surface area contributed by atoms with Crippen molar-refractivity contribution in [3.05, 3.63) is 134 Å². The van der Waals surface area contributed by atoms with Crippen molar-refractivity contribution in [1.29, 1.82) is 0 Å². The van der Waals surface area contributed by atoms with Crippen molar-refractivity contribution in [2.45, 2.75) is 4.90 Å². The lowest BCUT2D eigenvalue weighted by Gasteiger charge is -2.18. The van der Waals surface area contributed by atoms with E-state index in [2.05, 4.69) is 101 Å². The Morgan fingerprint density at radius 2 is 1.49 bits per heavy atom.